The molecule has 0 bridgehead atoms. The van der Waals surface area contributed by atoms with E-state index in [1.165, 1.54) is 0 Å². The smallest absolute Gasteiger partial charge is 0.203 e. The molecular formula is C28H45N5O2Si. The predicted molar refractivity (Wildman–Crippen MR) is 149 cm³/mol. The van der Waals surface area contributed by atoms with Gasteiger partial charge in [-0.25, -0.2) is 0 Å². The van der Waals surface area contributed by atoms with Crippen LogP contribution in [0.25, 0.3) is 0 Å². The number of nitrogens with two attached hydrogens (primary N) is 1. The van der Waals surface area contributed by atoms with Crippen LogP contribution < -0.4 is 16.0 Å². The quantitative estimate of drug-likeness (QED) is 0.225. The van der Waals surface area contributed by atoms with Crippen molar-refractivity contribution in [1.29, 1.82) is 10.8 Å². The van der Waals surface area contributed by atoms with E-state index in [2.05, 4.69) is 53.7 Å². The fourth-order valence-corrected chi connectivity index (χ4v) is 11.4. The summed E-state index contributed by atoms with van der Waals surface area (Å²) >= 11 is 0. The summed E-state index contributed by atoms with van der Waals surface area (Å²) < 4.78 is 14.6. The molecule has 7 nitrogen and oxygen atoms in total. The van der Waals surface area contributed by atoms with E-state index in [4.69, 9.17) is 25.7 Å². The molecule has 2 atom stereocenters. The first-order valence-corrected chi connectivity index (χ1v) is 15.3. The Labute approximate surface area is 217 Å². The van der Waals surface area contributed by atoms with Gasteiger partial charge in [-0.15, -0.1) is 0 Å². The summed E-state index contributed by atoms with van der Waals surface area (Å²) in [5, 5.41) is 17.2. The molecule has 36 heavy (non-hydrogen) atoms. The molecule has 0 aliphatic heterocycles. The fraction of sp³-hybridized carbons (Fsp3) is 0.571. The summed E-state index contributed by atoms with van der Waals surface area (Å²) in [6.07, 6.45) is 3.36. The number of aromatic nitrogens is 1. The maximum absolute atomic E-state index is 8.78. The van der Waals surface area contributed by atoms with Crippen LogP contribution in [0, 0.1) is 10.8 Å². The summed E-state index contributed by atoms with van der Waals surface area (Å²) in [6, 6.07) is 11.7. The molecule has 0 spiro atoms. The second kappa shape index (κ2) is 11.8. The number of ether oxygens (including phenoxy) is 1. The number of hydrogen-bond donors (Lipinski definition) is 3. The molecule has 3 rings (SSSR count). The number of fused-ring (bicyclic) bond motifs is 1. The van der Waals surface area contributed by atoms with Crippen LogP contribution in [-0.4, -0.2) is 43.9 Å². The van der Waals surface area contributed by atoms with Crippen LogP contribution in [0.2, 0.25) is 16.6 Å². The van der Waals surface area contributed by atoms with Gasteiger partial charge in [-0.1, -0.05) is 65.8 Å². The summed E-state index contributed by atoms with van der Waals surface area (Å²) in [4.78, 5) is 1.84. The lowest BCUT2D eigenvalue weighted by Crippen LogP contribution is -2.49. The van der Waals surface area contributed by atoms with Crippen molar-refractivity contribution in [3.63, 3.8) is 0 Å². The third-order valence-electron chi connectivity index (χ3n) is 7.76. The highest BCUT2D eigenvalue weighted by Crippen LogP contribution is 2.42. The number of pyridine rings is 1. The van der Waals surface area contributed by atoms with Gasteiger partial charge in [0.1, 0.15) is 17.3 Å². The second-order valence-electron chi connectivity index (χ2n) is 11.0. The van der Waals surface area contributed by atoms with E-state index in [1.807, 2.05) is 24.1 Å². The molecule has 0 saturated carbocycles. The van der Waals surface area contributed by atoms with Crippen LogP contribution in [0.3, 0.4) is 0 Å². The molecule has 0 amide bonds. The standard InChI is InChI=1S/C28H45N5O2Si/c1-19(2)36(20(3)4,21(5)6)34-17-16-32(7)28(31)33-18-22(12-15-27(33)30)35-26-14-13-25(29)23-10-8-9-11-24(23)26/h8-12,15,18-21,25-26,30-31H,13-14,16-17,29H2,1-7H3/t25-,26+/m0/s1. The maximum Gasteiger partial charge on any atom is 0.203 e. The van der Waals surface area contributed by atoms with Crippen molar-refractivity contribution < 1.29 is 9.16 Å². The molecule has 0 fully saturated rings. The summed E-state index contributed by atoms with van der Waals surface area (Å²) in [5.74, 6) is 0.868. The van der Waals surface area contributed by atoms with Gasteiger partial charge in [-0.3, -0.25) is 15.4 Å². The Bertz CT molecular complexity index is 1080. The van der Waals surface area contributed by atoms with Crippen molar-refractivity contribution in [1.82, 2.24) is 9.47 Å². The van der Waals surface area contributed by atoms with Crippen molar-refractivity contribution in [3.05, 3.63) is 59.2 Å². The van der Waals surface area contributed by atoms with Gasteiger partial charge in [0.25, 0.3) is 0 Å². The fourth-order valence-electron chi connectivity index (χ4n) is 5.95. The van der Waals surface area contributed by atoms with Crippen LogP contribution in [0.1, 0.15) is 77.7 Å². The lowest BCUT2D eigenvalue weighted by molar-refractivity contribution is 0.176. The van der Waals surface area contributed by atoms with Gasteiger partial charge < -0.3 is 19.8 Å². The SMILES string of the molecule is CC(C)[Si](OCCN(C)C(=N)n1cc(O[C@@H]2CC[C@H](N)c3ccccc32)ccc1=N)(C(C)C)C(C)C. The summed E-state index contributed by atoms with van der Waals surface area (Å²) in [5.41, 5.74) is 10.4. The van der Waals surface area contributed by atoms with Gasteiger partial charge in [-0.05, 0) is 52.7 Å². The van der Waals surface area contributed by atoms with Crippen molar-refractivity contribution in [3.8, 4) is 5.75 Å². The van der Waals surface area contributed by atoms with Gasteiger partial charge in [-0.2, -0.15) is 0 Å². The largest absolute Gasteiger partial charge is 0.484 e. The van der Waals surface area contributed by atoms with E-state index in [-0.39, 0.29) is 23.6 Å². The number of hydrogen-bond acceptors (Lipinski definition) is 5. The van der Waals surface area contributed by atoms with E-state index < -0.39 is 8.32 Å². The minimum absolute atomic E-state index is 0.0366. The Morgan fingerprint density at radius 3 is 2.25 bits per heavy atom. The average molecular weight is 512 g/mol. The summed E-state index contributed by atoms with van der Waals surface area (Å²) in [7, 11) is -0.0745. The van der Waals surface area contributed by atoms with Crippen LogP contribution in [0.4, 0.5) is 0 Å². The van der Waals surface area contributed by atoms with Crippen LogP contribution in [0.15, 0.2) is 42.6 Å². The average Bonchev–Trinajstić information content (AvgIpc) is 2.83. The van der Waals surface area contributed by atoms with E-state index in [9.17, 15) is 0 Å². The highest BCUT2D eigenvalue weighted by Gasteiger charge is 2.44. The zero-order valence-electron chi connectivity index (χ0n) is 23.0. The van der Waals surface area contributed by atoms with Crippen molar-refractivity contribution >= 4 is 14.3 Å². The highest BCUT2D eigenvalue weighted by atomic mass is 28.4. The molecule has 1 aliphatic carbocycles. The molecule has 1 heterocycles. The number of nitrogens with zero attached hydrogens (tertiary/aromatic N) is 2. The number of likely N-dealkylation sites (N-methyl/N-ethyl adjacent to an activating group) is 1. The molecule has 0 unspecified atom stereocenters. The third-order valence-corrected chi connectivity index (χ3v) is 13.9. The molecule has 1 aromatic heterocycles. The Morgan fingerprint density at radius 2 is 1.64 bits per heavy atom. The first kappa shape index (κ1) is 28.2. The highest BCUT2D eigenvalue weighted by molar-refractivity contribution is 6.77. The minimum atomic E-state index is -1.96. The molecule has 1 aromatic carbocycles. The Kier molecular flexibility index (Phi) is 9.19. The zero-order valence-corrected chi connectivity index (χ0v) is 24.0. The topological polar surface area (TPSA) is 100 Å². The van der Waals surface area contributed by atoms with Gasteiger partial charge in [0, 0.05) is 19.6 Å². The Hall–Kier alpha value is -2.42. The van der Waals surface area contributed by atoms with Crippen molar-refractivity contribution in [2.75, 3.05) is 20.2 Å². The first-order valence-electron chi connectivity index (χ1n) is 13.2. The van der Waals surface area contributed by atoms with E-state index in [1.54, 1.807) is 22.9 Å². The predicted octanol–water partition coefficient (Wildman–Crippen LogP) is 5.79. The monoisotopic (exact) mass is 511 g/mol. The molecule has 0 saturated heterocycles. The normalized spacial score (nSPS) is 18.0. The maximum atomic E-state index is 8.78. The van der Waals surface area contributed by atoms with Gasteiger partial charge in [0.05, 0.1) is 12.8 Å². The molecular weight excluding hydrogens is 466 g/mol. The van der Waals surface area contributed by atoms with Crippen LogP contribution >= 0.6 is 0 Å². The van der Waals surface area contributed by atoms with Crippen LogP contribution in [-0.2, 0) is 4.43 Å². The summed E-state index contributed by atoms with van der Waals surface area (Å²) in [6.45, 7) is 14.9. The zero-order chi connectivity index (χ0) is 26.6. The second-order valence-corrected chi connectivity index (χ2v) is 16.4. The molecule has 8 heteroatoms. The number of nitrogens with one attached hydrogen (secondary N) is 2. The Morgan fingerprint density at radius 1 is 1.03 bits per heavy atom. The molecule has 198 valence electrons. The Balaban J connectivity index is 1.71. The number of rotatable bonds is 9. The third kappa shape index (κ3) is 5.76. The van der Waals surface area contributed by atoms with E-state index in [0.717, 1.165) is 24.0 Å². The van der Waals surface area contributed by atoms with Crippen molar-refractivity contribution in [2.45, 2.75) is 83.2 Å². The van der Waals surface area contributed by atoms with Crippen LogP contribution in [0.5, 0.6) is 5.75 Å². The lowest BCUT2D eigenvalue weighted by Gasteiger charge is -2.42. The lowest BCUT2D eigenvalue weighted by atomic mass is 9.86. The van der Waals surface area contributed by atoms with Crippen molar-refractivity contribution in [2.24, 2.45) is 5.73 Å². The number of benzene rings is 1. The van der Waals surface area contributed by atoms with E-state index >= 15 is 0 Å². The van der Waals surface area contributed by atoms with Gasteiger partial charge in [0.2, 0.25) is 5.96 Å². The molecule has 1 aliphatic rings. The van der Waals surface area contributed by atoms with E-state index in [0.29, 0.717) is 35.5 Å². The van der Waals surface area contributed by atoms with Gasteiger partial charge >= 0.3 is 0 Å². The minimum Gasteiger partial charge on any atom is -0.484 e. The first-order chi connectivity index (χ1) is 17.0. The molecule has 4 N–H and O–H groups in total. The molecule has 2 aromatic rings. The van der Waals surface area contributed by atoms with Gasteiger partial charge in [0.15, 0.2) is 8.32 Å². The molecule has 0 radical (unpaired) electrons.